The van der Waals surface area contributed by atoms with E-state index in [9.17, 15) is 9.59 Å². The molecular formula is C22H26N2O3. The highest BCUT2D eigenvalue weighted by atomic mass is 16.5. The zero-order valence-corrected chi connectivity index (χ0v) is 15.9. The number of likely N-dealkylation sites (tertiary alicyclic amines) is 1. The Bertz CT molecular complexity index is 801. The number of rotatable bonds is 3. The van der Waals surface area contributed by atoms with Crippen LogP contribution in [0.5, 0.6) is 0 Å². The van der Waals surface area contributed by atoms with Crippen LogP contribution in [0.2, 0.25) is 0 Å². The number of methoxy groups -OCH3 is 1. The minimum Gasteiger partial charge on any atom is -0.465 e. The molecule has 1 fully saturated rings. The van der Waals surface area contributed by atoms with E-state index in [-0.39, 0.29) is 18.0 Å². The predicted octanol–water partition coefficient (Wildman–Crippen LogP) is 4.93. The molecule has 2 aromatic carbocycles. The van der Waals surface area contributed by atoms with Crippen LogP contribution in [-0.2, 0) is 4.74 Å². The summed E-state index contributed by atoms with van der Waals surface area (Å²) >= 11 is 0. The molecule has 142 valence electrons. The van der Waals surface area contributed by atoms with Gasteiger partial charge in [0.05, 0.1) is 18.7 Å². The molecule has 0 aliphatic carbocycles. The molecule has 0 bridgehead atoms. The molecule has 3 rings (SSSR count). The van der Waals surface area contributed by atoms with Crippen LogP contribution in [0, 0.1) is 6.92 Å². The van der Waals surface area contributed by atoms with Gasteiger partial charge in [0.15, 0.2) is 0 Å². The summed E-state index contributed by atoms with van der Waals surface area (Å²) in [6.45, 7) is 2.82. The van der Waals surface area contributed by atoms with Gasteiger partial charge in [0.2, 0.25) is 0 Å². The van der Waals surface area contributed by atoms with Gasteiger partial charge in [0.25, 0.3) is 0 Å². The van der Waals surface area contributed by atoms with E-state index >= 15 is 0 Å². The molecule has 1 heterocycles. The smallest absolute Gasteiger partial charge is 0.337 e. The molecule has 1 aliphatic rings. The second-order valence-electron chi connectivity index (χ2n) is 6.97. The molecule has 1 saturated heterocycles. The fourth-order valence-electron chi connectivity index (χ4n) is 3.58. The molecule has 5 heteroatoms. The van der Waals surface area contributed by atoms with E-state index in [1.807, 2.05) is 4.90 Å². The molecule has 0 aromatic heterocycles. The van der Waals surface area contributed by atoms with Gasteiger partial charge in [-0.15, -0.1) is 0 Å². The summed E-state index contributed by atoms with van der Waals surface area (Å²) in [5, 5.41) is 2.97. The van der Waals surface area contributed by atoms with E-state index < -0.39 is 0 Å². The molecule has 0 radical (unpaired) electrons. The van der Waals surface area contributed by atoms with Crippen LogP contribution >= 0.6 is 0 Å². The van der Waals surface area contributed by atoms with Gasteiger partial charge in [0.1, 0.15) is 0 Å². The van der Waals surface area contributed by atoms with Gasteiger partial charge in [-0.25, -0.2) is 9.59 Å². The average molecular weight is 366 g/mol. The molecule has 2 aromatic rings. The molecule has 0 spiro atoms. The molecule has 1 N–H and O–H groups in total. The van der Waals surface area contributed by atoms with Gasteiger partial charge >= 0.3 is 12.0 Å². The van der Waals surface area contributed by atoms with Crippen LogP contribution in [0.25, 0.3) is 0 Å². The number of hydrogen-bond acceptors (Lipinski definition) is 3. The summed E-state index contributed by atoms with van der Waals surface area (Å²) in [5.41, 5.74) is 3.52. The number of anilines is 1. The minimum absolute atomic E-state index is 0.0849. The summed E-state index contributed by atoms with van der Waals surface area (Å²) in [4.78, 5) is 26.5. The summed E-state index contributed by atoms with van der Waals surface area (Å²) in [7, 11) is 1.35. The Kier molecular flexibility index (Phi) is 6.12. The van der Waals surface area contributed by atoms with Gasteiger partial charge in [-0.1, -0.05) is 42.7 Å². The number of carbonyl (C=O) groups is 2. The predicted molar refractivity (Wildman–Crippen MR) is 106 cm³/mol. The Morgan fingerprint density at radius 3 is 2.56 bits per heavy atom. The Morgan fingerprint density at radius 1 is 1.07 bits per heavy atom. The fourth-order valence-corrected chi connectivity index (χ4v) is 3.58. The van der Waals surface area contributed by atoms with E-state index in [1.54, 1.807) is 24.3 Å². The van der Waals surface area contributed by atoms with E-state index in [0.29, 0.717) is 11.3 Å². The molecule has 5 nitrogen and oxygen atoms in total. The SMILES string of the molecule is COC(=O)c1ccc(NC(=O)N2CCCCC[C@H]2c2cccc(C)c2)cc1. The molecule has 0 saturated carbocycles. The van der Waals surface area contributed by atoms with Crippen molar-refractivity contribution in [3.05, 3.63) is 65.2 Å². The highest BCUT2D eigenvalue weighted by molar-refractivity contribution is 5.92. The number of carbonyl (C=O) groups excluding carboxylic acids is 2. The third-order valence-corrected chi connectivity index (χ3v) is 5.00. The van der Waals surface area contributed by atoms with Gasteiger partial charge in [-0.2, -0.15) is 0 Å². The molecule has 2 amide bonds. The van der Waals surface area contributed by atoms with Crippen molar-refractivity contribution in [2.75, 3.05) is 19.0 Å². The minimum atomic E-state index is -0.389. The number of esters is 1. The van der Waals surface area contributed by atoms with Crippen LogP contribution in [0.1, 0.15) is 53.2 Å². The maximum absolute atomic E-state index is 13.0. The van der Waals surface area contributed by atoms with Crippen molar-refractivity contribution in [1.29, 1.82) is 0 Å². The molecular weight excluding hydrogens is 340 g/mol. The number of hydrogen-bond donors (Lipinski definition) is 1. The first-order chi connectivity index (χ1) is 13.1. The number of benzene rings is 2. The number of urea groups is 1. The lowest BCUT2D eigenvalue weighted by molar-refractivity contribution is 0.0600. The zero-order chi connectivity index (χ0) is 19.2. The van der Waals surface area contributed by atoms with E-state index in [1.165, 1.54) is 18.2 Å². The third kappa shape index (κ3) is 4.67. The second-order valence-corrected chi connectivity index (χ2v) is 6.97. The van der Waals surface area contributed by atoms with Crippen molar-refractivity contribution < 1.29 is 14.3 Å². The molecule has 0 unspecified atom stereocenters. The van der Waals surface area contributed by atoms with Gasteiger partial charge < -0.3 is 15.0 Å². The van der Waals surface area contributed by atoms with Crippen LogP contribution in [0.3, 0.4) is 0 Å². The Morgan fingerprint density at radius 2 is 1.85 bits per heavy atom. The Balaban J connectivity index is 1.77. The summed E-state index contributed by atoms with van der Waals surface area (Å²) in [5.74, 6) is -0.389. The monoisotopic (exact) mass is 366 g/mol. The standard InChI is InChI=1S/C22H26N2O3/c1-16-7-6-8-18(15-16)20-9-4-3-5-14-24(20)22(26)23-19-12-10-17(11-13-19)21(25)27-2/h6-8,10-13,15,20H,3-5,9,14H2,1-2H3,(H,23,26)/t20-/m0/s1. The van der Waals surface area contributed by atoms with Crippen molar-refractivity contribution in [3.8, 4) is 0 Å². The van der Waals surface area contributed by atoms with Crippen molar-refractivity contribution in [3.63, 3.8) is 0 Å². The number of amides is 2. The van der Waals surface area contributed by atoms with Crippen LogP contribution < -0.4 is 5.32 Å². The lowest BCUT2D eigenvalue weighted by Gasteiger charge is -2.31. The van der Waals surface area contributed by atoms with E-state index in [4.69, 9.17) is 4.74 Å². The zero-order valence-electron chi connectivity index (χ0n) is 15.9. The number of ether oxygens (including phenoxy) is 1. The summed E-state index contributed by atoms with van der Waals surface area (Å²) in [6.07, 6.45) is 4.24. The first-order valence-electron chi connectivity index (χ1n) is 9.41. The fraction of sp³-hybridized carbons (Fsp3) is 0.364. The van der Waals surface area contributed by atoms with Crippen molar-refractivity contribution in [2.45, 2.75) is 38.6 Å². The number of aryl methyl sites for hydroxylation is 1. The third-order valence-electron chi connectivity index (χ3n) is 5.00. The van der Waals surface area contributed by atoms with Crippen LogP contribution in [0.4, 0.5) is 10.5 Å². The van der Waals surface area contributed by atoms with Gasteiger partial charge in [0, 0.05) is 12.2 Å². The first-order valence-corrected chi connectivity index (χ1v) is 9.41. The molecule has 1 aliphatic heterocycles. The first kappa shape index (κ1) is 19.0. The second kappa shape index (κ2) is 8.71. The maximum Gasteiger partial charge on any atom is 0.337 e. The maximum atomic E-state index is 13.0. The average Bonchev–Trinajstić information content (AvgIpc) is 2.94. The summed E-state index contributed by atoms with van der Waals surface area (Å²) < 4.78 is 4.70. The Hall–Kier alpha value is -2.82. The molecule has 1 atom stereocenters. The molecule has 27 heavy (non-hydrogen) atoms. The summed E-state index contributed by atoms with van der Waals surface area (Å²) in [6, 6.07) is 15.1. The van der Waals surface area contributed by atoms with Crippen molar-refractivity contribution >= 4 is 17.7 Å². The lowest BCUT2D eigenvalue weighted by Crippen LogP contribution is -2.38. The number of nitrogens with zero attached hydrogens (tertiary/aromatic N) is 1. The number of nitrogens with one attached hydrogen (secondary N) is 1. The quantitative estimate of drug-likeness (QED) is 0.784. The van der Waals surface area contributed by atoms with Crippen LogP contribution in [-0.4, -0.2) is 30.6 Å². The van der Waals surface area contributed by atoms with Gasteiger partial charge in [-0.05, 0) is 49.6 Å². The van der Waals surface area contributed by atoms with Crippen molar-refractivity contribution in [2.24, 2.45) is 0 Å². The van der Waals surface area contributed by atoms with E-state index in [2.05, 4.69) is 36.5 Å². The van der Waals surface area contributed by atoms with Crippen molar-refractivity contribution in [1.82, 2.24) is 4.90 Å². The largest absolute Gasteiger partial charge is 0.465 e. The highest BCUT2D eigenvalue weighted by Gasteiger charge is 2.27. The van der Waals surface area contributed by atoms with Gasteiger partial charge in [-0.3, -0.25) is 0 Å². The highest BCUT2D eigenvalue weighted by Crippen LogP contribution is 2.31. The van der Waals surface area contributed by atoms with Crippen LogP contribution in [0.15, 0.2) is 48.5 Å². The van der Waals surface area contributed by atoms with E-state index in [0.717, 1.165) is 32.2 Å². The lowest BCUT2D eigenvalue weighted by atomic mass is 9.99. The topological polar surface area (TPSA) is 58.6 Å². The normalized spacial score (nSPS) is 17.1. The Labute approximate surface area is 160 Å².